The van der Waals surface area contributed by atoms with Crippen LogP contribution in [-0.2, 0) is 13.5 Å². The van der Waals surface area contributed by atoms with Crippen molar-refractivity contribution < 1.29 is 0 Å². The van der Waals surface area contributed by atoms with Crippen molar-refractivity contribution in [3.05, 3.63) is 17.5 Å². The van der Waals surface area contributed by atoms with Crippen LogP contribution in [0.3, 0.4) is 0 Å². The van der Waals surface area contributed by atoms with Crippen LogP contribution < -0.4 is 5.32 Å². The largest absolute Gasteiger partial charge is 0.313 e. The minimum atomic E-state index is 0.574. The van der Waals surface area contributed by atoms with Gasteiger partial charge in [-0.25, -0.2) is 0 Å². The lowest BCUT2D eigenvalue weighted by molar-refractivity contribution is 0.548. The van der Waals surface area contributed by atoms with Crippen molar-refractivity contribution in [3.8, 4) is 0 Å². The van der Waals surface area contributed by atoms with Crippen LogP contribution in [0.5, 0.6) is 0 Å². The summed E-state index contributed by atoms with van der Waals surface area (Å²) in [4.78, 5) is 0. The normalized spacial score (nSPS) is 18.1. The van der Waals surface area contributed by atoms with Gasteiger partial charge in [0.15, 0.2) is 0 Å². The Morgan fingerprint density at radius 1 is 1.47 bits per heavy atom. The standard InChI is InChI=1S/C15H27N3S/c1-4-16-13(11-19-15-7-5-6-8-15)10-14-9-12(2)17-18(14)3/h9,13,15-16H,4-8,10-11H2,1-3H3. The van der Waals surface area contributed by atoms with Crippen molar-refractivity contribution in [1.82, 2.24) is 15.1 Å². The number of rotatable bonds is 7. The molecule has 1 aromatic heterocycles. The highest BCUT2D eigenvalue weighted by Crippen LogP contribution is 2.30. The fourth-order valence-corrected chi connectivity index (χ4v) is 4.30. The fourth-order valence-electron chi connectivity index (χ4n) is 2.89. The van der Waals surface area contributed by atoms with Gasteiger partial charge in [-0.15, -0.1) is 0 Å². The monoisotopic (exact) mass is 281 g/mol. The van der Waals surface area contributed by atoms with E-state index in [1.54, 1.807) is 0 Å². The minimum Gasteiger partial charge on any atom is -0.313 e. The summed E-state index contributed by atoms with van der Waals surface area (Å²) in [5.41, 5.74) is 2.46. The molecule has 108 valence electrons. The maximum absolute atomic E-state index is 4.44. The zero-order valence-electron chi connectivity index (χ0n) is 12.5. The number of nitrogens with zero attached hydrogens (tertiary/aromatic N) is 2. The molecule has 0 saturated heterocycles. The van der Waals surface area contributed by atoms with Crippen LogP contribution in [0.1, 0.15) is 44.0 Å². The van der Waals surface area contributed by atoms with E-state index in [1.165, 1.54) is 37.1 Å². The average Bonchev–Trinajstić information content (AvgIpc) is 2.97. The molecule has 0 aromatic carbocycles. The van der Waals surface area contributed by atoms with Crippen LogP contribution in [0.2, 0.25) is 0 Å². The van der Waals surface area contributed by atoms with Gasteiger partial charge < -0.3 is 5.32 Å². The Kier molecular flexibility index (Phi) is 5.76. The number of aryl methyl sites for hydroxylation is 2. The third kappa shape index (κ3) is 4.53. The summed E-state index contributed by atoms with van der Waals surface area (Å²) in [5.74, 6) is 1.22. The van der Waals surface area contributed by atoms with E-state index in [-0.39, 0.29) is 0 Å². The predicted octanol–water partition coefficient (Wildman–Crippen LogP) is 2.92. The summed E-state index contributed by atoms with van der Waals surface area (Å²) in [6.07, 6.45) is 6.81. The van der Waals surface area contributed by atoms with Gasteiger partial charge in [0.25, 0.3) is 0 Å². The molecule has 1 aliphatic carbocycles. The molecule has 19 heavy (non-hydrogen) atoms. The van der Waals surface area contributed by atoms with Gasteiger partial charge in [0.1, 0.15) is 0 Å². The molecule has 0 aliphatic heterocycles. The van der Waals surface area contributed by atoms with Gasteiger partial charge in [-0.05, 0) is 32.4 Å². The fraction of sp³-hybridized carbons (Fsp3) is 0.800. The molecule has 1 aliphatic rings. The van der Waals surface area contributed by atoms with Gasteiger partial charge in [0, 0.05) is 36.2 Å². The van der Waals surface area contributed by atoms with Crippen LogP contribution >= 0.6 is 11.8 Å². The second kappa shape index (κ2) is 7.34. The van der Waals surface area contributed by atoms with Crippen molar-refractivity contribution in [2.45, 2.75) is 57.2 Å². The molecule has 4 heteroatoms. The van der Waals surface area contributed by atoms with Gasteiger partial charge in [0.05, 0.1) is 5.69 Å². The second-order valence-electron chi connectivity index (χ2n) is 5.60. The second-order valence-corrected chi connectivity index (χ2v) is 6.93. The highest BCUT2D eigenvalue weighted by atomic mass is 32.2. The summed E-state index contributed by atoms with van der Waals surface area (Å²) in [7, 11) is 2.05. The van der Waals surface area contributed by atoms with Crippen molar-refractivity contribution in [2.24, 2.45) is 7.05 Å². The van der Waals surface area contributed by atoms with E-state index in [2.05, 4.69) is 49.1 Å². The lowest BCUT2D eigenvalue weighted by Gasteiger charge is -2.19. The summed E-state index contributed by atoms with van der Waals surface area (Å²) in [5, 5.41) is 8.99. The Balaban J connectivity index is 1.86. The molecule has 1 fully saturated rings. The lowest BCUT2D eigenvalue weighted by atomic mass is 10.1. The Labute approximate surface area is 121 Å². The third-order valence-corrected chi connectivity index (χ3v) is 5.42. The van der Waals surface area contributed by atoms with Crippen LogP contribution in [0.25, 0.3) is 0 Å². The molecular weight excluding hydrogens is 254 g/mol. The summed E-state index contributed by atoms with van der Waals surface area (Å²) < 4.78 is 2.03. The molecule has 0 spiro atoms. The zero-order valence-corrected chi connectivity index (χ0v) is 13.3. The van der Waals surface area contributed by atoms with Gasteiger partial charge in [0.2, 0.25) is 0 Å². The number of hydrogen-bond donors (Lipinski definition) is 1. The number of likely N-dealkylation sites (N-methyl/N-ethyl adjacent to an activating group) is 1. The molecule has 0 amide bonds. The highest BCUT2D eigenvalue weighted by Gasteiger charge is 2.18. The molecule has 1 saturated carbocycles. The van der Waals surface area contributed by atoms with Crippen molar-refractivity contribution in [3.63, 3.8) is 0 Å². The third-order valence-electron chi connectivity index (χ3n) is 3.88. The average molecular weight is 281 g/mol. The molecule has 1 unspecified atom stereocenters. The van der Waals surface area contributed by atoms with Crippen LogP contribution in [0.4, 0.5) is 0 Å². The molecule has 1 aromatic rings. The number of nitrogens with one attached hydrogen (secondary N) is 1. The molecule has 1 N–H and O–H groups in total. The van der Waals surface area contributed by atoms with Crippen molar-refractivity contribution in [1.29, 1.82) is 0 Å². The summed E-state index contributed by atoms with van der Waals surface area (Å²) in [6, 6.07) is 2.79. The van der Waals surface area contributed by atoms with Crippen molar-refractivity contribution >= 4 is 11.8 Å². The minimum absolute atomic E-state index is 0.574. The summed E-state index contributed by atoms with van der Waals surface area (Å²) >= 11 is 2.17. The first kappa shape index (κ1) is 14.9. The molecular formula is C15H27N3S. The number of thioether (sulfide) groups is 1. The molecule has 1 atom stereocenters. The predicted molar refractivity (Wildman–Crippen MR) is 83.8 cm³/mol. The molecule has 0 radical (unpaired) electrons. The first-order valence-corrected chi connectivity index (χ1v) is 8.58. The maximum Gasteiger partial charge on any atom is 0.0596 e. The SMILES string of the molecule is CCNC(CSC1CCCC1)Cc1cc(C)nn1C. The first-order chi connectivity index (χ1) is 9.19. The maximum atomic E-state index is 4.44. The van der Waals surface area contributed by atoms with E-state index in [4.69, 9.17) is 0 Å². The van der Waals surface area contributed by atoms with Crippen LogP contribution in [0, 0.1) is 6.92 Å². The van der Waals surface area contributed by atoms with Gasteiger partial charge in [-0.3, -0.25) is 4.68 Å². The zero-order chi connectivity index (χ0) is 13.7. The quantitative estimate of drug-likeness (QED) is 0.833. The Morgan fingerprint density at radius 3 is 2.79 bits per heavy atom. The van der Waals surface area contributed by atoms with E-state index >= 15 is 0 Å². The Bertz CT molecular complexity index is 383. The van der Waals surface area contributed by atoms with Gasteiger partial charge >= 0.3 is 0 Å². The molecule has 2 rings (SSSR count). The van der Waals surface area contributed by atoms with E-state index < -0.39 is 0 Å². The molecule has 1 heterocycles. The molecule has 3 nitrogen and oxygen atoms in total. The summed E-state index contributed by atoms with van der Waals surface area (Å²) in [6.45, 7) is 5.31. The van der Waals surface area contributed by atoms with Crippen LogP contribution in [-0.4, -0.2) is 33.4 Å². The van der Waals surface area contributed by atoms with Gasteiger partial charge in [-0.2, -0.15) is 16.9 Å². The Morgan fingerprint density at radius 2 is 2.21 bits per heavy atom. The van der Waals surface area contributed by atoms with Crippen LogP contribution in [0.15, 0.2) is 6.07 Å². The topological polar surface area (TPSA) is 29.9 Å². The highest BCUT2D eigenvalue weighted by molar-refractivity contribution is 7.99. The first-order valence-electron chi connectivity index (χ1n) is 7.53. The lowest BCUT2D eigenvalue weighted by Crippen LogP contribution is -2.34. The van der Waals surface area contributed by atoms with E-state index in [9.17, 15) is 0 Å². The number of hydrogen-bond acceptors (Lipinski definition) is 3. The van der Waals surface area contributed by atoms with Gasteiger partial charge in [-0.1, -0.05) is 19.8 Å². The Hall–Kier alpha value is -0.480. The van der Waals surface area contributed by atoms with Crippen molar-refractivity contribution in [2.75, 3.05) is 12.3 Å². The smallest absolute Gasteiger partial charge is 0.0596 e. The van der Waals surface area contributed by atoms with E-state index in [0.29, 0.717) is 6.04 Å². The van der Waals surface area contributed by atoms with E-state index in [0.717, 1.165) is 23.9 Å². The molecule has 0 bridgehead atoms. The number of aromatic nitrogens is 2. The van der Waals surface area contributed by atoms with E-state index in [1.807, 2.05) is 4.68 Å².